The third kappa shape index (κ3) is 2.97. The number of benzene rings is 2. The lowest BCUT2D eigenvalue weighted by molar-refractivity contribution is 0.452. The molecule has 0 saturated carbocycles. The summed E-state index contributed by atoms with van der Waals surface area (Å²) in [7, 11) is -3.76. The molecule has 2 aromatic carbocycles. The summed E-state index contributed by atoms with van der Waals surface area (Å²) in [6.07, 6.45) is 0. The van der Waals surface area contributed by atoms with E-state index in [1.807, 2.05) is 6.92 Å². The van der Waals surface area contributed by atoms with Gasteiger partial charge in [-0.1, -0.05) is 17.7 Å². The molecule has 0 saturated heterocycles. The monoisotopic (exact) mass is 279 g/mol. The topological polar surface area (TPSA) is 86.6 Å². The number of aromatic hydroxyl groups is 2. The lowest BCUT2D eigenvalue weighted by Crippen LogP contribution is -2.12. The number of nitrogens with one attached hydrogen (secondary N) is 1. The van der Waals surface area contributed by atoms with Crippen LogP contribution in [0.5, 0.6) is 11.5 Å². The molecule has 5 nitrogen and oxygen atoms in total. The molecule has 0 amide bonds. The average molecular weight is 279 g/mol. The van der Waals surface area contributed by atoms with Crippen molar-refractivity contribution in [3.8, 4) is 11.5 Å². The fraction of sp³-hybridized carbons (Fsp3) is 0.0769. The molecule has 0 aromatic heterocycles. The van der Waals surface area contributed by atoms with Gasteiger partial charge in [-0.25, -0.2) is 8.42 Å². The van der Waals surface area contributed by atoms with Crippen LogP contribution in [0.2, 0.25) is 0 Å². The highest BCUT2D eigenvalue weighted by molar-refractivity contribution is 7.92. The second kappa shape index (κ2) is 4.81. The molecule has 0 aliphatic heterocycles. The summed E-state index contributed by atoms with van der Waals surface area (Å²) in [5, 5.41) is 18.7. The van der Waals surface area contributed by atoms with Crippen molar-refractivity contribution in [2.45, 2.75) is 11.8 Å². The van der Waals surface area contributed by atoms with Gasteiger partial charge in [0.25, 0.3) is 10.0 Å². The lowest BCUT2D eigenvalue weighted by atomic mass is 10.2. The van der Waals surface area contributed by atoms with E-state index in [1.54, 1.807) is 12.1 Å². The van der Waals surface area contributed by atoms with Gasteiger partial charge in [-0.2, -0.15) is 0 Å². The van der Waals surface area contributed by atoms with Crippen LogP contribution in [0.25, 0.3) is 0 Å². The molecule has 0 bridgehead atoms. The maximum absolute atomic E-state index is 12.1. The number of rotatable bonds is 3. The summed E-state index contributed by atoms with van der Waals surface area (Å²) in [5.41, 5.74) is 0.963. The maximum atomic E-state index is 12.1. The number of hydrogen-bond donors (Lipinski definition) is 3. The van der Waals surface area contributed by atoms with Crippen LogP contribution in [-0.4, -0.2) is 18.6 Å². The SMILES string of the molecule is Cc1ccc(S(=O)(=O)Nc2ccc(O)cc2O)cc1. The van der Waals surface area contributed by atoms with E-state index in [-0.39, 0.29) is 22.1 Å². The van der Waals surface area contributed by atoms with Gasteiger partial charge in [0, 0.05) is 6.07 Å². The Morgan fingerprint density at radius 2 is 1.63 bits per heavy atom. The van der Waals surface area contributed by atoms with E-state index in [0.717, 1.165) is 11.6 Å². The van der Waals surface area contributed by atoms with Gasteiger partial charge >= 0.3 is 0 Å². The zero-order valence-electron chi connectivity index (χ0n) is 10.2. The molecule has 0 radical (unpaired) electrons. The van der Waals surface area contributed by atoms with E-state index in [2.05, 4.69) is 4.72 Å². The lowest BCUT2D eigenvalue weighted by Gasteiger charge is -2.10. The summed E-state index contributed by atoms with van der Waals surface area (Å²) < 4.78 is 26.4. The predicted octanol–water partition coefficient (Wildman–Crippen LogP) is 2.21. The molecule has 0 heterocycles. The van der Waals surface area contributed by atoms with Gasteiger partial charge in [0.1, 0.15) is 11.5 Å². The Morgan fingerprint density at radius 1 is 1.00 bits per heavy atom. The molecule has 100 valence electrons. The molecule has 6 heteroatoms. The molecule has 2 aromatic rings. The Hall–Kier alpha value is -2.21. The fourth-order valence-electron chi connectivity index (χ4n) is 1.53. The van der Waals surface area contributed by atoms with Crippen LogP contribution >= 0.6 is 0 Å². The Kier molecular flexibility index (Phi) is 3.35. The van der Waals surface area contributed by atoms with Crippen molar-refractivity contribution >= 4 is 15.7 Å². The molecule has 0 spiro atoms. The van der Waals surface area contributed by atoms with Crippen molar-refractivity contribution in [3.63, 3.8) is 0 Å². The number of phenols is 2. The quantitative estimate of drug-likeness (QED) is 0.594. The van der Waals surface area contributed by atoms with Gasteiger partial charge in [-0.3, -0.25) is 4.72 Å². The first-order valence-corrected chi connectivity index (χ1v) is 6.98. The maximum Gasteiger partial charge on any atom is 0.262 e. The zero-order chi connectivity index (χ0) is 14.0. The minimum Gasteiger partial charge on any atom is -0.508 e. The van der Waals surface area contributed by atoms with E-state index < -0.39 is 10.0 Å². The highest BCUT2D eigenvalue weighted by Crippen LogP contribution is 2.29. The molecule has 3 N–H and O–H groups in total. The fourth-order valence-corrected chi connectivity index (χ4v) is 2.60. The molecular formula is C13H13NO4S. The van der Waals surface area contributed by atoms with Crippen LogP contribution in [0, 0.1) is 6.92 Å². The Morgan fingerprint density at radius 3 is 2.21 bits per heavy atom. The molecule has 0 aliphatic carbocycles. The number of anilines is 1. The third-order valence-corrected chi connectivity index (χ3v) is 3.94. The van der Waals surface area contributed by atoms with Gasteiger partial charge in [0.15, 0.2) is 0 Å². The number of aryl methyl sites for hydroxylation is 1. The zero-order valence-corrected chi connectivity index (χ0v) is 11.0. The van der Waals surface area contributed by atoms with Crippen LogP contribution in [-0.2, 0) is 10.0 Å². The average Bonchev–Trinajstić information content (AvgIpc) is 2.33. The van der Waals surface area contributed by atoms with Crippen molar-refractivity contribution < 1.29 is 18.6 Å². The highest BCUT2D eigenvalue weighted by atomic mass is 32.2. The standard InChI is InChI=1S/C13H13NO4S/c1-9-2-5-11(6-3-9)19(17,18)14-12-7-4-10(15)8-13(12)16/h2-8,14-16H,1H3. The Balaban J connectivity index is 2.33. The molecule has 0 atom stereocenters. The summed E-state index contributed by atoms with van der Waals surface area (Å²) in [6, 6.07) is 9.97. The summed E-state index contributed by atoms with van der Waals surface area (Å²) in [4.78, 5) is 0.102. The minimum atomic E-state index is -3.76. The summed E-state index contributed by atoms with van der Waals surface area (Å²) >= 11 is 0. The van der Waals surface area contributed by atoms with Crippen molar-refractivity contribution in [2.75, 3.05) is 4.72 Å². The van der Waals surface area contributed by atoms with Crippen molar-refractivity contribution in [1.82, 2.24) is 0 Å². The van der Waals surface area contributed by atoms with E-state index in [9.17, 15) is 13.5 Å². The van der Waals surface area contributed by atoms with E-state index in [1.165, 1.54) is 24.3 Å². The summed E-state index contributed by atoms with van der Waals surface area (Å²) in [6.45, 7) is 1.86. The number of sulfonamides is 1. The molecule has 0 unspecified atom stereocenters. The van der Waals surface area contributed by atoms with Crippen LogP contribution in [0.1, 0.15) is 5.56 Å². The van der Waals surface area contributed by atoms with Crippen LogP contribution in [0.15, 0.2) is 47.4 Å². The first-order chi connectivity index (χ1) is 8.88. The number of hydrogen-bond acceptors (Lipinski definition) is 4. The number of phenolic OH excluding ortho intramolecular Hbond substituents is 2. The van der Waals surface area contributed by atoms with Crippen LogP contribution in [0.4, 0.5) is 5.69 Å². The third-order valence-electron chi connectivity index (χ3n) is 2.56. The van der Waals surface area contributed by atoms with Gasteiger partial charge < -0.3 is 10.2 Å². The molecule has 19 heavy (non-hydrogen) atoms. The molecule has 0 aliphatic rings. The normalized spacial score (nSPS) is 11.2. The Labute approximate surface area is 111 Å². The predicted molar refractivity (Wildman–Crippen MR) is 71.8 cm³/mol. The van der Waals surface area contributed by atoms with Gasteiger partial charge in [-0.15, -0.1) is 0 Å². The van der Waals surface area contributed by atoms with Crippen molar-refractivity contribution in [1.29, 1.82) is 0 Å². The largest absolute Gasteiger partial charge is 0.508 e. The van der Waals surface area contributed by atoms with E-state index in [0.29, 0.717) is 0 Å². The minimum absolute atomic E-state index is 0.0124. The van der Waals surface area contributed by atoms with Crippen LogP contribution in [0.3, 0.4) is 0 Å². The van der Waals surface area contributed by atoms with Crippen molar-refractivity contribution in [2.24, 2.45) is 0 Å². The smallest absolute Gasteiger partial charge is 0.262 e. The first-order valence-electron chi connectivity index (χ1n) is 5.50. The molecular weight excluding hydrogens is 266 g/mol. The van der Waals surface area contributed by atoms with Gasteiger partial charge in [0.2, 0.25) is 0 Å². The van der Waals surface area contributed by atoms with E-state index >= 15 is 0 Å². The summed E-state index contributed by atoms with van der Waals surface area (Å²) in [5.74, 6) is -0.480. The first kappa shape index (κ1) is 13.2. The molecule has 0 fully saturated rings. The second-order valence-corrected chi connectivity index (χ2v) is 5.80. The Bertz CT molecular complexity index is 693. The van der Waals surface area contributed by atoms with Crippen molar-refractivity contribution in [3.05, 3.63) is 48.0 Å². The second-order valence-electron chi connectivity index (χ2n) is 4.12. The van der Waals surface area contributed by atoms with Gasteiger partial charge in [-0.05, 0) is 31.2 Å². The molecule has 2 rings (SSSR count). The van der Waals surface area contributed by atoms with E-state index in [4.69, 9.17) is 5.11 Å². The highest BCUT2D eigenvalue weighted by Gasteiger charge is 2.15. The van der Waals surface area contributed by atoms with Gasteiger partial charge in [0.05, 0.1) is 10.6 Å². The van der Waals surface area contributed by atoms with Crippen LogP contribution < -0.4 is 4.72 Å².